The van der Waals surface area contributed by atoms with E-state index in [4.69, 9.17) is 4.74 Å². The predicted octanol–water partition coefficient (Wildman–Crippen LogP) is 5.43. The molecule has 4 heterocycles. The molecule has 4 aromatic rings. The van der Waals surface area contributed by atoms with Gasteiger partial charge in [0.05, 0.1) is 16.9 Å². The Morgan fingerprint density at radius 2 is 1.97 bits per heavy atom. The van der Waals surface area contributed by atoms with Crippen molar-refractivity contribution >= 4 is 39.8 Å². The van der Waals surface area contributed by atoms with E-state index in [-0.39, 0.29) is 17.6 Å². The van der Waals surface area contributed by atoms with E-state index in [1.165, 1.54) is 6.07 Å². The van der Waals surface area contributed by atoms with Crippen LogP contribution >= 0.6 is 0 Å². The number of aryl methyl sites for hydroxylation is 2. The van der Waals surface area contributed by atoms with Gasteiger partial charge in [0.2, 0.25) is 0 Å². The number of hydrogen-bond donors (Lipinski definition) is 1. The van der Waals surface area contributed by atoms with Crippen molar-refractivity contribution in [2.45, 2.75) is 53.2 Å². The third-order valence-corrected chi connectivity index (χ3v) is 6.38. The standard InChI is InChI=1S/C28H31FN6O3/c1-6-35-16-22-20(18-9-11-33(12-10-18)27(37)38-28(3,4)5)7-8-21(24(22)32-35)26(36)31-19-13-23(29)25-30-17(2)14-34(25)15-19/h7-9,13-16H,6,10-12H2,1-5H3,(H,31,36). The van der Waals surface area contributed by atoms with Crippen molar-refractivity contribution in [3.05, 3.63) is 65.5 Å². The largest absolute Gasteiger partial charge is 0.444 e. The molecule has 2 amide bonds. The van der Waals surface area contributed by atoms with Crippen LogP contribution in [-0.4, -0.2) is 54.8 Å². The summed E-state index contributed by atoms with van der Waals surface area (Å²) in [5.41, 5.74) is 3.68. The highest BCUT2D eigenvalue weighted by atomic mass is 19.1. The number of fused-ring (bicyclic) bond motifs is 2. The van der Waals surface area contributed by atoms with Crippen LogP contribution in [0, 0.1) is 12.7 Å². The zero-order valence-electron chi connectivity index (χ0n) is 22.2. The SMILES string of the molecule is CCn1cc2c(C3=CCN(C(=O)OC(C)(C)C)CC3)ccc(C(=O)Nc3cc(F)c4nc(C)cn4c3)c2n1. The van der Waals surface area contributed by atoms with Crippen LogP contribution in [-0.2, 0) is 11.3 Å². The minimum atomic E-state index is -0.548. The Labute approximate surface area is 219 Å². The highest BCUT2D eigenvalue weighted by Gasteiger charge is 2.25. The summed E-state index contributed by atoms with van der Waals surface area (Å²) in [5.74, 6) is -0.900. The summed E-state index contributed by atoms with van der Waals surface area (Å²) in [7, 11) is 0. The van der Waals surface area contributed by atoms with Gasteiger partial charge in [0.25, 0.3) is 5.91 Å². The van der Waals surface area contributed by atoms with E-state index in [2.05, 4.69) is 15.4 Å². The Morgan fingerprint density at radius 3 is 2.66 bits per heavy atom. The number of amides is 2. The number of anilines is 1. The second-order valence-corrected chi connectivity index (χ2v) is 10.5. The molecule has 0 atom stereocenters. The van der Waals surface area contributed by atoms with E-state index in [1.807, 2.05) is 46.0 Å². The molecule has 1 aliphatic heterocycles. The van der Waals surface area contributed by atoms with Crippen LogP contribution in [0.15, 0.2) is 42.9 Å². The Kier molecular flexibility index (Phi) is 6.42. The van der Waals surface area contributed by atoms with Crippen LogP contribution in [0.5, 0.6) is 0 Å². The molecule has 0 unspecified atom stereocenters. The lowest BCUT2D eigenvalue weighted by Gasteiger charge is -2.29. The third kappa shape index (κ3) is 4.98. The summed E-state index contributed by atoms with van der Waals surface area (Å²) in [5, 5.41) is 8.31. The summed E-state index contributed by atoms with van der Waals surface area (Å²) in [4.78, 5) is 31.6. The smallest absolute Gasteiger partial charge is 0.410 e. The topological polar surface area (TPSA) is 93.8 Å². The maximum atomic E-state index is 14.5. The fourth-order valence-electron chi connectivity index (χ4n) is 4.63. The molecule has 1 aromatic carbocycles. The van der Waals surface area contributed by atoms with Crippen LogP contribution in [0.2, 0.25) is 0 Å². The Balaban J connectivity index is 1.43. The number of aromatic nitrogens is 4. The van der Waals surface area contributed by atoms with Gasteiger partial charge in [0.15, 0.2) is 11.5 Å². The average Bonchev–Trinajstić information content (AvgIpc) is 3.46. The highest BCUT2D eigenvalue weighted by molar-refractivity contribution is 6.13. The highest BCUT2D eigenvalue weighted by Crippen LogP contribution is 2.32. The summed E-state index contributed by atoms with van der Waals surface area (Å²) in [6.07, 6.45) is 7.62. The molecule has 0 saturated carbocycles. The molecule has 38 heavy (non-hydrogen) atoms. The minimum absolute atomic E-state index is 0.208. The van der Waals surface area contributed by atoms with Gasteiger partial charge < -0.3 is 19.4 Å². The second kappa shape index (κ2) is 9.59. The number of ether oxygens (including phenoxy) is 1. The number of carbonyl (C=O) groups excluding carboxylic acids is 2. The molecule has 5 rings (SSSR count). The summed E-state index contributed by atoms with van der Waals surface area (Å²) in [6.45, 7) is 10.9. The number of imidazole rings is 1. The maximum Gasteiger partial charge on any atom is 0.410 e. The number of rotatable bonds is 4. The molecule has 198 valence electrons. The Hall–Kier alpha value is -4.21. The lowest BCUT2D eigenvalue weighted by molar-refractivity contribution is 0.0270. The number of halogens is 1. The van der Waals surface area contributed by atoms with Crippen LogP contribution in [0.25, 0.3) is 22.1 Å². The van der Waals surface area contributed by atoms with Gasteiger partial charge in [-0.05, 0) is 58.2 Å². The van der Waals surface area contributed by atoms with Gasteiger partial charge in [-0.15, -0.1) is 0 Å². The van der Waals surface area contributed by atoms with Crippen molar-refractivity contribution in [1.82, 2.24) is 24.1 Å². The van der Waals surface area contributed by atoms with Crippen LogP contribution in [0.1, 0.15) is 55.7 Å². The molecule has 3 aromatic heterocycles. The van der Waals surface area contributed by atoms with Gasteiger partial charge in [0.1, 0.15) is 11.1 Å². The number of pyridine rings is 1. The van der Waals surface area contributed by atoms with Crippen LogP contribution < -0.4 is 5.32 Å². The number of carbonyl (C=O) groups is 2. The summed E-state index contributed by atoms with van der Waals surface area (Å²) < 4.78 is 23.4. The van der Waals surface area contributed by atoms with Gasteiger partial charge in [0, 0.05) is 49.7 Å². The quantitative estimate of drug-likeness (QED) is 0.389. The minimum Gasteiger partial charge on any atom is -0.444 e. The number of nitrogens with one attached hydrogen (secondary N) is 1. The van der Waals surface area contributed by atoms with E-state index in [0.29, 0.717) is 48.5 Å². The summed E-state index contributed by atoms with van der Waals surface area (Å²) in [6, 6.07) is 4.92. The molecule has 0 radical (unpaired) electrons. The van der Waals surface area contributed by atoms with Crippen molar-refractivity contribution in [2.75, 3.05) is 18.4 Å². The number of benzene rings is 1. The molecule has 0 spiro atoms. The normalized spacial score (nSPS) is 14.2. The van der Waals surface area contributed by atoms with Crippen molar-refractivity contribution in [3.8, 4) is 0 Å². The first kappa shape index (κ1) is 25.4. The molecule has 1 N–H and O–H groups in total. The van der Waals surface area contributed by atoms with Crippen molar-refractivity contribution in [3.63, 3.8) is 0 Å². The van der Waals surface area contributed by atoms with E-state index in [0.717, 1.165) is 16.5 Å². The molecule has 0 saturated heterocycles. The van der Waals surface area contributed by atoms with Gasteiger partial charge >= 0.3 is 6.09 Å². The zero-order valence-corrected chi connectivity index (χ0v) is 22.2. The molecule has 0 fully saturated rings. The lowest BCUT2D eigenvalue weighted by Crippen LogP contribution is -2.39. The first-order chi connectivity index (χ1) is 18.0. The first-order valence-corrected chi connectivity index (χ1v) is 12.7. The van der Waals surface area contributed by atoms with Crippen LogP contribution in [0.3, 0.4) is 0 Å². The van der Waals surface area contributed by atoms with E-state index in [1.54, 1.807) is 39.4 Å². The van der Waals surface area contributed by atoms with Crippen molar-refractivity contribution in [2.24, 2.45) is 0 Å². The fraction of sp³-hybridized carbons (Fsp3) is 0.357. The van der Waals surface area contributed by atoms with Crippen LogP contribution in [0.4, 0.5) is 14.9 Å². The van der Waals surface area contributed by atoms with Crippen molar-refractivity contribution in [1.29, 1.82) is 0 Å². The predicted molar refractivity (Wildman–Crippen MR) is 144 cm³/mol. The van der Waals surface area contributed by atoms with Gasteiger partial charge in [-0.25, -0.2) is 14.2 Å². The first-order valence-electron chi connectivity index (χ1n) is 12.7. The monoisotopic (exact) mass is 518 g/mol. The molecule has 10 heteroatoms. The molecule has 0 bridgehead atoms. The van der Waals surface area contributed by atoms with Crippen molar-refractivity contribution < 1.29 is 18.7 Å². The lowest BCUT2D eigenvalue weighted by atomic mass is 9.95. The maximum absolute atomic E-state index is 14.5. The van der Waals surface area contributed by atoms with E-state index < -0.39 is 11.4 Å². The Bertz CT molecular complexity index is 1590. The number of hydrogen-bond acceptors (Lipinski definition) is 5. The summed E-state index contributed by atoms with van der Waals surface area (Å²) >= 11 is 0. The molecular formula is C28H31FN6O3. The molecular weight excluding hydrogens is 487 g/mol. The average molecular weight is 519 g/mol. The molecule has 9 nitrogen and oxygen atoms in total. The molecule has 0 aliphatic carbocycles. The van der Waals surface area contributed by atoms with Gasteiger partial charge in [-0.1, -0.05) is 12.1 Å². The fourth-order valence-corrected chi connectivity index (χ4v) is 4.63. The van der Waals surface area contributed by atoms with E-state index >= 15 is 0 Å². The Morgan fingerprint density at radius 1 is 1.18 bits per heavy atom. The van der Waals surface area contributed by atoms with E-state index in [9.17, 15) is 14.0 Å². The molecule has 1 aliphatic rings. The second-order valence-electron chi connectivity index (χ2n) is 10.5. The number of nitrogens with zero attached hydrogens (tertiary/aromatic N) is 5. The van der Waals surface area contributed by atoms with Gasteiger partial charge in [-0.3, -0.25) is 9.48 Å². The van der Waals surface area contributed by atoms with Gasteiger partial charge in [-0.2, -0.15) is 5.10 Å². The third-order valence-electron chi connectivity index (χ3n) is 6.38. The zero-order chi connectivity index (χ0) is 27.2.